The Morgan fingerprint density at radius 2 is 2.16 bits per heavy atom. The van der Waals surface area contributed by atoms with Crippen LogP contribution in [0.5, 0.6) is 5.75 Å². The van der Waals surface area contributed by atoms with Crippen LogP contribution in [0.3, 0.4) is 0 Å². The van der Waals surface area contributed by atoms with E-state index in [1.807, 2.05) is 12.1 Å². The van der Waals surface area contributed by atoms with Gasteiger partial charge in [0.05, 0.1) is 7.11 Å². The zero-order valence-electron chi connectivity index (χ0n) is 11.7. The second kappa shape index (κ2) is 7.51. The number of rotatable bonds is 6. The second-order valence-corrected chi connectivity index (χ2v) is 5.40. The van der Waals surface area contributed by atoms with Gasteiger partial charge < -0.3 is 14.6 Å². The molecule has 1 aliphatic rings. The van der Waals surface area contributed by atoms with Crippen molar-refractivity contribution in [3.63, 3.8) is 0 Å². The van der Waals surface area contributed by atoms with E-state index in [4.69, 9.17) is 9.47 Å². The van der Waals surface area contributed by atoms with E-state index in [9.17, 15) is 5.11 Å². The van der Waals surface area contributed by atoms with Crippen molar-refractivity contribution >= 4 is 0 Å². The van der Waals surface area contributed by atoms with E-state index >= 15 is 0 Å². The summed E-state index contributed by atoms with van der Waals surface area (Å²) in [4.78, 5) is 0. The van der Waals surface area contributed by atoms with Gasteiger partial charge in [0, 0.05) is 19.8 Å². The summed E-state index contributed by atoms with van der Waals surface area (Å²) in [5, 5.41) is 9.58. The van der Waals surface area contributed by atoms with Crippen molar-refractivity contribution in [2.75, 3.05) is 26.9 Å². The van der Waals surface area contributed by atoms with Gasteiger partial charge in [-0.1, -0.05) is 12.1 Å². The third kappa shape index (κ3) is 4.51. The molecule has 1 fully saturated rings. The predicted octanol–water partition coefficient (Wildman–Crippen LogP) is 2.66. The molecular formula is C16H24O3. The SMILES string of the molecule is COc1cccc(CC(CO)CC2CCOCC2)c1. The molecule has 3 heteroatoms. The molecule has 0 aliphatic carbocycles. The first-order valence-electron chi connectivity index (χ1n) is 7.13. The van der Waals surface area contributed by atoms with Gasteiger partial charge in [-0.05, 0) is 55.2 Å². The molecule has 1 heterocycles. The average molecular weight is 264 g/mol. The quantitative estimate of drug-likeness (QED) is 0.858. The van der Waals surface area contributed by atoms with Gasteiger partial charge in [0.2, 0.25) is 0 Å². The fourth-order valence-corrected chi connectivity index (χ4v) is 2.81. The highest BCUT2D eigenvalue weighted by Crippen LogP contribution is 2.25. The number of benzene rings is 1. The normalized spacial score (nSPS) is 18.2. The first-order valence-corrected chi connectivity index (χ1v) is 7.13. The summed E-state index contributed by atoms with van der Waals surface area (Å²) >= 11 is 0. The minimum Gasteiger partial charge on any atom is -0.497 e. The van der Waals surface area contributed by atoms with Crippen molar-refractivity contribution in [1.82, 2.24) is 0 Å². The number of aliphatic hydroxyl groups excluding tert-OH is 1. The lowest BCUT2D eigenvalue weighted by molar-refractivity contribution is 0.0540. The lowest BCUT2D eigenvalue weighted by Crippen LogP contribution is -2.21. The summed E-state index contributed by atoms with van der Waals surface area (Å²) in [5.41, 5.74) is 1.24. The number of methoxy groups -OCH3 is 1. The Bertz CT molecular complexity index is 372. The zero-order valence-corrected chi connectivity index (χ0v) is 11.7. The van der Waals surface area contributed by atoms with E-state index in [1.165, 1.54) is 5.56 Å². The van der Waals surface area contributed by atoms with E-state index < -0.39 is 0 Å². The molecule has 19 heavy (non-hydrogen) atoms. The van der Waals surface area contributed by atoms with Crippen LogP contribution in [0, 0.1) is 11.8 Å². The van der Waals surface area contributed by atoms with E-state index in [1.54, 1.807) is 7.11 Å². The van der Waals surface area contributed by atoms with Crippen LogP contribution < -0.4 is 4.74 Å². The lowest BCUT2D eigenvalue weighted by atomic mass is 9.86. The smallest absolute Gasteiger partial charge is 0.119 e. The third-order valence-electron chi connectivity index (χ3n) is 3.92. The Morgan fingerprint density at radius 1 is 1.37 bits per heavy atom. The van der Waals surface area contributed by atoms with Crippen LogP contribution in [-0.2, 0) is 11.2 Å². The van der Waals surface area contributed by atoms with Crippen LogP contribution in [0.2, 0.25) is 0 Å². The summed E-state index contributed by atoms with van der Waals surface area (Å²) in [7, 11) is 1.69. The first kappa shape index (κ1) is 14.4. The Kier molecular flexibility index (Phi) is 5.67. The van der Waals surface area contributed by atoms with Crippen LogP contribution in [0.1, 0.15) is 24.8 Å². The van der Waals surface area contributed by atoms with Gasteiger partial charge in [-0.2, -0.15) is 0 Å². The predicted molar refractivity (Wildman–Crippen MR) is 75.4 cm³/mol. The molecule has 1 atom stereocenters. The van der Waals surface area contributed by atoms with Crippen molar-refractivity contribution in [3.05, 3.63) is 29.8 Å². The Hall–Kier alpha value is -1.06. The highest BCUT2D eigenvalue weighted by atomic mass is 16.5. The molecule has 0 amide bonds. The van der Waals surface area contributed by atoms with Crippen molar-refractivity contribution < 1.29 is 14.6 Å². The number of hydrogen-bond acceptors (Lipinski definition) is 3. The summed E-state index contributed by atoms with van der Waals surface area (Å²) in [6.45, 7) is 2.01. The van der Waals surface area contributed by atoms with Crippen LogP contribution in [0.15, 0.2) is 24.3 Å². The Morgan fingerprint density at radius 3 is 2.84 bits per heavy atom. The minimum atomic E-state index is 0.258. The monoisotopic (exact) mass is 264 g/mol. The topological polar surface area (TPSA) is 38.7 Å². The van der Waals surface area contributed by atoms with Gasteiger partial charge in [0.25, 0.3) is 0 Å². The Labute approximate surface area is 115 Å². The molecular weight excluding hydrogens is 240 g/mol. The molecule has 2 rings (SSSR count). The lowest BCUT2D eigenvalue weighted by Gasteiger charge is -2.25. The van der Waals surface area contributed by atoms with Gasteiger partial charge >= 0.3 is 0 Å². The molecule has 1 aromatic carbocycles. The molecule has 3 nitrogen and oxygen atoms in total. The average Bonchev–Trinajstić information content (AvgIpc) is 2.48. The molecule has 0 bridgehead atoms. The van der Waals surface area contributed by atoms with Gasteiger partial charge in [-0.25, -0.2) is 0 Å². The van der Waals surface area contributed by atoms with E-state index in [2.05, 4.69) is 12.1 Å². The fraction of sp³-hybridized carbons (Fsp3) is 0.625. The molecule has 0 aromatic heterocycles. The summed E-state index contributed by atoms with van der Waals surface area (Å²) < 4.78 is 10.6. The van der Waals surface area contributed by atoms with E-state index in [0.29, 0.717) is 11.8 Å². The summed E-state index contributed by atoms with van der Waals surface area (Å²) in [5.74, 6) is 1.94. The fourth-order valence-electron chi connectivity index (χ4n) is 2.81. The summed E-state index contributed by atoms with van der Waals surface area (Å²) in [6, 6.07) is 8.13. The van der Waals surface area contributed by atoms with Crippen LogP contribution in [0.4, 0.5) is 0 Å². The minimum absolute atomic E-state index is 0.258. The zero-order chi connectivity index (χ0) is 13.5. The highest BCUT2D eigenvalue weighted by molar-refractivity contribution is 5.28. The Balaban J connectivity index is 1.90. The molecule has 1 N–H and O–H groups in total. The van der Waals surface area contributed by atoms with Crippen molar-refractivity contribution in [2.45, 2.75) is 25.7 Å². The second-order valence-electron chi connectivity index (χ2n) is 5.40. The maximum atomic E-state index is 9.58. The standard InChI is InChI=1S/C16H24O3/c1-18-16-4-2-3-14(11-16)10-15(12-17)9-13-5-7-19-8-6-13/h2-4,11,13,15,17H,5-10,12H2,1H3. The van der Waals surface area contributed by atoms with Crippen molar-refractivity contribution in [2.24, 2.45) is 11.8 Å². The maximum absolute atomic E-state index is 9.58. The molecule has 1 aromatic rings. The van der Waals surface area contributed by atoms with Gasteiger partial charge in [-0.15, -0.1) is 0 Å². The number of ether oxygens (including phenoxy) is 2. The largest absolute Gasteiger partial charge is 0.497 e. The molecule has 0 saturated carbocycles. The van der Waals surface area contributed by atoms with Gasteiger partial charge in [0.15, 0.2) is 0 Å². The van der Waals surface area contributed by atoms with Gasteiger partial charge in [-0.3, -0.25) is 0 Å². The molecule has 1 unspecified atom stereocenters. The number of hydrogen-bond donors (Lipinski definition) is 1. The van der Waals surface area contributed by atoms with Crippen LogP contribution >= 0.6 is 0 Å². The van der Waals surface area contributed by atoms with Crippen LogP contribution in [-0.4, -0.2) is 32.0 Å². The molecule has 1 aliphatic heterocycles. The van der Waals surface area contributed by atoms with Crippen molar-refractivity contribution in [3.8, 4) is 5.75 Å². The first-order chi connectivity index (χ1) is 9.31. The maximum Gasteiger partial charge on any atom is 0.119 e. The number of aliphatic hydroxyl groups is 1. The highest BCUT2D eigenvalue weighted by Gasteiger charge is 2.19. The van der Waals surface area contributed by atoms with Crippen molar-refractivity contribution in [1.29, 1.82) is 0 Å². The van der Waals surface area contributed by atoms with Gasteiger partial charge in [0.1, 0.15) is 5.75 Å². The third-order valence-corrected chi connectivity index (χ3v) is 3.92. The summed E-state index contributed by atoms with van der Waals surface area (Å²) in [6.07, 6.45) is 4.28. The van der Waals surface area contributed by atoms with Crippen LogP contribution in [0.25, 0.3) is 0 Å². The van der Waals surface area contributed by atoms with E-state index in [-0.39, 0.29) is 6.61 Å². The molecule has 106 valence electrons. The van der Waals surface area contributed by atoms with E-state index in [0.717, 1.165) is 44.6 Å². The molecule has 1 saturated heterocycles. The molecule has 0 spiro atoms. The molecule has 0 radical (unpaired) electrons.